The van der Waals surface area contributed by atoms with E-state index in [0.29, 0.717) is 13.0 Å². The highest BCUT2D eigenvalue weighted by Gasteiger charge is 2.39. The Morgan fingerprint density at radius 2 is 2.20 bits per heavy atom. The molecule has 0 aromatic rings. The highest BCUT2D eigenvalue weighted by Crippen LogP contribution is 2.27. The van der Waals surface area contributed by atoms with Gasteiger partial charge in [0.2, 0.25) is 5.91 Å². The molecule has 1 amide bonds. The lowest BCUT2D eigenvalue weighted by molar-refractivity contribution is -0.143. The fourth-order valence-electron chi connectivity index (χ4n) is 2.27. The van der Waals surface area contributed by atoms with Gasteiger partial charge >= 0.3 is 0 Å². The Morgan fingerprint density at radius 3 is 2.80 bits per heavy atom. The van der Waals surface area contributed by atoms with Crippen LogP contribution in [0.25, 0.3) is 0 Å². The van der Waals surface area contributed by atoms with E-state index in [1.54, 1.807) is 0 Å². The van der Waals surface area contributed by atoms with Crippen molar-refractivity contribution in [3.8, 4) is 0 Å². The fraction of sp³-hybridized carbons (Fsp3) is 0.900. The standard InChI is InChI=1S/C10H16F2N2O/c11-10(12)4-2-6-14(7-10)9(15)8-3-1-5-13-8/h8,13H,1-7H2. The molecule has 0 spiro atoms. The predicted molar refractivity (Wildman–Crippen MR) is 51.8 cm³/mol. The number of amides is 1. The van der Waals surface area contributed by atoms with Gasteiger partial charge in [-0.25, -0.2) is 8.78 Å². The molecule has 86 valence electrons. The first-order valence-corrected chi connectivity index (χ1v) is 5.48. The van der Waals surface area contributed by atoms with Gasteiger partial charge in [-0.05, 0) is 25.8 Å². The van der Waals surface area contributed by atoms with Crippen LogP contribution in [-0.4, -0.2) is 42.4 Å². The molecule has 15 heavy (non-hydrogen) atoms. The molecule has 3 nitrogen and oxygen atoms in total. The molecule has 2 saturated heterocycles. The molecule has 0 saturated carbocycles. The molecule has 5 heteroatoms. The number of rotatable bonds is 1. The zero-order valence-corrected chi connectivity index (χ0v) is 8.64. The van der Waals surface area contributed by atoms with Gasteiger partial charge in [0.15, 0.2) is 0 Å². The van der Waals surface area contributed by atoms with Crippen LogP contribution in [0.4, 0.5) is 8.78 Å². The molecular formula is C10H16F2N2O. The van der Waals surface area contributed by atoms with Gasteiger partial charge in [0.25, 0.3) is 5.92 Å². The maximum Gasteiger partial charge on any atom is 0.265 e. The summed E-state index contributed by atoms with van der Waals surface area (Å²) in [5, 5.41) is 3.04. The molecule has 0 aromatic heterocycles. The van der Waals surface area contributed by atoms with Crippen molar-refractivity contribution < 1.29 is 13.6 Å². The van der Waals surface area contributed by atoms with Crippen molar-refractivity contribution in [2.45, 2.75) is 37.6 Å². The van der Waals surface area contributed by atoms with E-state index in [-0.39, 0.29) is 18.4 Å². The monoisotopic (exact) mass is 218 g/mol. The van der Waals surface area contributed by atoms with Crippen LogP contribution in [0.2, 0.25) is 0 Å². The summed E-state index contributed by atoms with van der Waals surface area (Å²) in [6, 6.07) is -0.223. The molecule has 0 aliphatic carbocycles. The summed E-state index contributed by atoms with van der Waals surface area (Å²) < 4.78 is 26.2. The SMILES string of the molecule is O=C(C1CCCN1)N1CCCC(F)(F)C1. The third kappa shape index (κ3) is 2.45. The van der Waals surface area contributed by atoms with Crippen molar-refractivity contribution in [1.82, 2.24) is 10.2 Å². The average Bonchev–Trinajstić information content (AvgIpc) is 2.67. The van der Waals surface area contributed by atoms with Crippen LogP contribution in [0, 0.1) is 0 Å². The average molecular weight is 218 g/mol. The van der Waals surface area contributed by atoms with E-state index in [1.807, 2.05) is 0 Å². The number of hydrogen-bond donors (Lipinski definition) is 1. The summed E-state index contributed by atoms with van der Waals surface area (Å²) in [5.74, 6) is -2.83. The molecule has 2 rings (SSSR count). The molecule has 1 atom stereocenters. The number of nitrogens with zero attached hydrogens (tertiary/aromatic N) is 1. The summed E-state index contributed by atoms with van der Waals surface area (Å²) in [7, 11) is 0. The number of piperidine rings is 1. The fourth-order valence-corrected chi connectivity index (χ4v) is 2.27. The smallest absolute Gasteiger partial charge is 0.265 e. The van der Waals surface area contributed by atoms with E-state index in [1.165, 1.54) is 4.90 Å². The Hall–Kier alpha value is -0.710. The van der Waals surface area contributed by atoms with Crippen molar-refractivity contribution in [2.75, 3.05) is 19.6 Å². The predicted octanol–water partition coefficient (Wildman–Crippen LogP) is 0.996. The second-order valence-corrected chi connectivity index (χ2v) is 4.37. The summed E-state index contributed by atoms with van der Waals surface area (Å²) in [4.78, 5) is 13.1. The van der Waals surface area contributed by atoms with E-state index >= 15 is 0 Å². The van der Waals surface area contributed by atoms with Crippen LogP contribution in [0.3, 0.4) is 0 Å². The van der Waals surface area contributed by atoms with Crippen molar-refractivity contribution in [3.63, 3.8) is 0 Å². The number of likely N-dealkylation sites (tertiary alicyclic amines) is 1. The van der Waals surface area contributed by atoms with Crippen LogP contribution in [0.15, 0.2) is 0 Å². The molecule has 0 bridgehead atoms. The molecular weight excluding hydrogens is 202 g/mol. The van der Waals surface area contributed by atoms with Gasteiger partial charge in [0, 0.05) is 13.0 Å². The summed E-state index contributed by atoms with van der Waals surface area (Å²) in [5.41, 5.74) is 0. The van der Waals surface area contributed by atoms with Crippen LogP contribution < -0.4 is 5.32 Å². The number of carbonyl (C=O) groups excluding carboxylic acids is 1. The third-order valence-electron chi connectivity index (χ3n) is 3.06. The van der Waals surface area contributed by atoms with E-state index in [4.69, 9.17) is 0 Å². The number of alkyl halides is 2. The molecule has 2 aliphatic rings. The Morgan fingerprint density at radius 1 is 1.40 bits per heavy atom. The number of halogens is 2. The van der Waals surface area contributed by atoms with Crippen molar-refractivity contribution in [1.29, 1.82) is 0 Å². The van der Waals surface area contributed by atoms with E-state index < -0.39 is 12.5 Å². The van der Waals surface area contributed by atoms with Gasteiger partial charge in [-0.1, -0.05) is 0 Å². The van der Waals surface area contributed by atoms with Crippen molar-refractivity contribution in [2.24, 2.45) is 0 Å². The van der Waals surface area contributed by atoms with Crippen LogP contribution >= 0.6 is 0 Å². The largest absolute Gasteiger partial charge is 0.335 e. The maximum atomic E-state index is 13.1. The Kier molecular flexibility index (Phi) is 2.91. The number of nitrogens with one attached hydrogen (secondary N) is 1. The van der Waals surface area contributed by atoms with Crippen LogP contribution in [-0.2, 0) is 4.79 Å². The second-order valence-electron chi connectivity index (χ2n) is 4.37. The Bertz CT molecular complexity index is 252. The summed E-state index contributed by atoms with van der Waals surface area (Å²) >= 11 is 0. The summed E-state index contributed by atoms with van der Waals surface area (Å²) in [6.45, 7) is 0.900. The lowest BCUT2D eigenvalue weighted by Gasteiger charge is -2.33. The normalized spacial score (nSPS) is 30.5. The highest BCUT2D eigenvalue weighted by molar-refractivity contribution is 5.82. The van der Waals surface area contributed by atoms with Gasteiger partial charge in [-0.3, -0.25) is 4.79 Å². The zero-order valence-electron chi connectivity index (χ0n) is 8.64. The lowest BCUT2D eigenvalue weighted by atomic mass is 10.1. The topological polar surface area (TPSA) is 32.3 Å². The molecule has 0 aromatic carbocycles. The number of hydrogen-bond acceptors (Lipinski definition) is 2. The van der Waals surface area contributed by atoms with E-state index in [0.717, 1.165) is 19.4 Å². The van der Waals surface area contributed by atoms with Crippen LogP contribution in [0.1, 0.15) is 25.7 Å². The maximum absolute atomic E-state index is 13.1. The molecule has 1 unspecified atom stereocenters. The van der Waals surface area contributed by atoms with Crippen molar-refractivity contribution >= 4 is 5.91 Å². The van der Waals surface area contributed by atoms with E-state index in [9.17, 15) is 13.6 Å². The first-order chi connectivity index (χ1) is 7.08. The van der Waals surface area contributed by atoms with Gasteiger partial charge in [0.05, 0.1) is 12.6 Å². The minimum atomic E-state index is -2.69. The zero-order chi connectivity index (χ0) is 10.9. The van der Waals surface area contributed by atoms with E-state index in [2.05, 4.69) is 5.32 Å². The van der Waals surface area contributed by atoms with Crippen molar-refractivity contribution in [3.05, 3.63) is 0 Å². The van der Waals surface area contributed by atoms with Gasteiger partial charge in [-0.15, -0.1) is 0 Å². The molecule has 2 fully saturated rings. The third-order valence-corrected chi connectivity index (χ3v) is 3.06. The minimum absolute atomic E-state index is 0.0884. The first kappa shape index (κ1) is 10.8. The van der Waals surface area contributed by atoms with Gasteiger partial charge in [0.1, 0.15) is 0 Å². The minimum Gasteiger partial charge on any atom is -0.335 e. The molecule has 2 aliphatic heterocycles. The van der Waals surface area contributed by atoms with Gasteiger partial charge in [-0.2, -0.15) is 0 Å². The Labute approximate surface area is 87.8 Å². The highest BCUT2D eigenvalue weighted by atomic mass is 19.3. The van der Waals surface area contributed by atoms with Gasteiger partial charge < -0.3 is 10.2 Å². The molecule has 1 N–H and O–H groups in total. The molecule has 2 heterocycles. The van der Waals surface area contributed by atoms with Crippen LogP contribution in [0.5, 0.6) is 0 Å². The number of carbonyl (C=O) groups is 1. The first-order valence-electron chi connectivity index (χ1n) is 5.48. The lowest BCUT2D eigenvalue weighted by Crippen LogP contribution is -2.51. The summed E-state index contributed by atoms with van der Waals surface area (Å²) in [6.07, 6.45) is 2.06. The Balaban J connectivity index is 1.94. The quantitative estimate of drug-likeness (QED) is 0.712. The molecule has 0 radical (unpaired) electrons. The second kappa shape index (κ2) is 4.04.